The number of nitrogens with one attached hydrogen (secondary N) is 2. The van der Waals surface area contributed by atoms with Gasteiger partial charge in [-0.25, -0.2) is 0 Å². The zero-order chi connectivity index (χ0) is 36.8. The molecule has 0 atom stereocenters. The number of benzene rings is 4. The Balaban J connectivity index is 0.000000501. The summed E-state index contributed by atoms with van der Waals surface area (Å²) in [6.07, 6.45) is 0. The minimum atomic E-state index is -0.805. The van der Waals surface area contributed by atoms with E-state index in [-0.39, 0.29) is 41.0 Å². The number of ketones is 2. The van der Waals surface area contributed by atoms with Crippen LogP contribution in [-0.2, 0) is 26.4 Å². The molecular formula is C32H25CoN8O10. The van der Waals surface area contributed by atoms with Gasteiger partial charge in [-0.1, -0.05) is 60.0 Å². The third-order valence-electron chi connectivity index (χ3n) is 5.98. The number of hydrogen-bond donors (Lipinski definition) is 2. The molecule has 0 bridgehead atoms. The molecule has 51 heavy (non-hydrogen) atoms. The first-order chi connectivity index (χ1) is 23.8. The van der Waals surface area contributed by atoms with Crippen LogP contribution >= 0.6 is 0 Å². The third-order valence-corrected chi connectivity index (χ3v) is 5.98. The van der Waals surface area contributed by atoms with Gasteiger partial charge < -0.3 is 31.1 Å². The molecule has 0 spiro atoms. The summed E-state index contributed by atoms with van der Waals surface area (Å²) in [4.78, 5) is 43.3. The number of Topliss-reactive ketones (excluding diaryl/α,β-unsaturated/α-hetero) is 2. The van der Waals surface area contributed by atoms with Gasteiger partial charge in [0.2, 0.25) is 0 Å². The second-order valence-electron chi connectivity index (χ2n) is 9.67. The number of azo groups is 2. The predicted molar refractivity (Wildman–Crippen MR) is 171 cm³/mol. The Kier molecular flexibility index (Phi) is 15.1. The van der Waals surface area contributed by atoms with E-state index >= 15 is 0 Å². The Bertz CT molecular complexity index is 1880. The van der Waals surface area contributed by atoms with Gasteiger partial charge >= 0.3 is 18.2 Å². The van der Waals surface area contributed by atoms with Crippen molar-refractivity contribution in [2.75, 3.05) is 10.6 Å². The Labute approximate surface area is 300 Å². The van der Waals surface area contributed by atoms with Crippen LogP contribution in [0.15, 0.2) is 141 Å². The molecule has 0 aliphatic heterocycles. The van der Waals surface area contributed by atoms with Crippen molar-refractivity contribution in [3.63, 3.8) is 0 Å². The number of non-ortho nitro benzene ring substituents is 2. The largest absolute Gasteiger partial charge is 3.00 e. The third kappa shape index (κ3) is 12.2. The van der Waals surface area contributed by atoms with E-state index in [1.54, 1.807) is 60.7 Å². The molecule has 0 radical (unpaired) electrons. The zero-order valence-corrected chi connectivity index (χ0v) is 27.4. The van der Waals surface area contributed by atoms with E-state index in [0.717, 1.165) is 50.2 Å². The Morgan fingerprint density at radius 1 is 0.608 bits per heavy atom. The standard InChI is InChI=1S/2C16H14N4O5.Co/c2*1-10(21)15(16(23)17-11-5-3-2-4-6-11)19-18-13-9-12(20(24)25)7-8-14(13)22;/h2*2-9,17,22-23H,1H3;/q;;+3/p-3/b2*16-15+,19-18?;. The van der Waals surface area contributed by atoms with Crippen LogP contribution in [0.3, 0.4) is 0 Å². The van der Waals surface area contributed by atoms with Gasteiger partial charge in [-0.3, -0.25) is 29.8 Å². The minimum absolute atomic E-state index is 0. The quantitative estimate of drug-likeness (QED) is 0.0683. The summed E-state index contributed by atoms with van der Waals surface area (Å²) in [6, 6.07) is 22.5. The molecule has 0 aliphatic carbocycles. The molecule has 19 heteroatoms. The summed E-state index contributed by atoms with van der Waals surface area (Å²) in [5, 5.41) is 88.0. The van der Waals surface area contributed by atoms with Crippen molar-refractivity contribution in [2.45, 2.75) is 13.8 Å². The fourth-order valence-corrected chi connectivity index (χ4v) is 3.58. The average Bonchev–Trinajstić information content (AvgIpc) is 3.07. The molecule has 0 aliphatic rings. The maximum atomic E-state index is 12.1. The molecule has 4 aromatic carbocycles. The van der Waals surface area contributed by atoms with Crippen molar-refractivity contribution in [3.05, 3.63) is 140 Å². The van der Waals surface area contributed by atoms with Gasteiger partial charge in [-0.15, -0.1) is 10.2 Å². The monoisotopic (exact) mass is 740 g/mol. The molecule has 2 N–H and O–H groups in total. The first-order valence-corrected chi connectivity index (χ1v) is 14.0. The molecular weight excluding hydrogens is 715 g/mol. The second-order valence-corrected chi connectivity index (χ2v) is 9.67. The van der Waals surface area contributed by atoms with E-state index in [4.69, 9.17) is 0 Å². The Hall–Kier alpha value is -6.99. The van der Waals surface area contributed by atoms with E-state index in [9.17, 15) is 50.2 Å². The zero-order valence-electron chi connectivity index (χ0n) is 27.3. The number of rotatable bonds is 12. The van der Waals surface area contributed by atoms with Gasteiger partial charge in [0, 0.05) is 49.5 Å². The summed E-state index contributed by atoms with van der Waals surface area (Å²) in [6.45, 7) is 2.23. The van der Waals surface area contributed by atoms with Crippen molar-refractivity contribution in [1.29, 1.82) is 0 Å². The first-order valence-electron chi connectivity index (χ1n) is 14.0. The summed E-state index contributed by atoms with van der Waals surface area (Å²) in [5.41, 5.74) is -1.58. The number of carbonyl (C=O) groups excluding carboxylic acids is 2. The second kappa shape index (κ2) is 19.1. The van der Waals surface area contributed by atoms with Gasteiger partial charge in [0.1, 0.15) is 11.4 Å². The molecule has 0 fully saturated rings. The fourth-order valence-electron chi connectivity index (χ4n) is 3.58. The summed E-state index contributed by atoms with van der Waals surface area (Å²) < 4.78 is 0. The number of carbonyl (C=O) groups is 2. The molecule has 4 rings (SSSR count). The van der Waals surface area contributed by atoms with Crippen molar-refractivity contribution in [2.24, 2.45) is 20.5 Å². The maximum Gasteiger partial charge on any atom is 3.00 e. The van der Waals surface area contributed by atoms with E-state index in [2.05, 4.69) is 31.1 Å². The summed E-state index contributed by atoms with van der Waals surface area (Å²) in [7, 11) is 0. The van der Waals surface area contributed by atoms with Gasteiger partial charge in [0.25, 0.3) is 11.4 Å². The molecule has 0 saturated heterocycles. The number of hydrogen-bond acceptors (Lipinski definition) is 16. The van der Waals surface area contributed by atoms with Crippen LogP contribution in [0.4, 0.5) is 34.1 Å². The smallest absolute Gasteiger partial charge is 0.871 e. The number of anilines is 2. The van der Waals surface area contributed by atoms with Gasteiger partial charge in [0.05, 0.1) is 21.2 Å². The van der Waals surface area contributed by atoms with E-state index in [0.29, 0.717) is 11.4 Å². The van der Waals surface area contributed by atoms with Crippen molar-refractivity contribution in [3.8, 4) is 11.5 Å². The van der Waals surface area contributed by atoms with Crippen molar-refractivity contribution in [1.82, 2.24) is 0 Å². The van der Waals surface area contributed by atoms with Crippen LogP contribution < -0.4 is 31.1 Å². The fraction of sp³-hybridized carbons (Fsp3) is 0.0625. The Morgan fingerprint density at radius 3 is 1.24 bits per heavy atom. The molecule has 0 unspecified atom stereocenters. The van der Waals surface area contributed by atoms with Crippen LogP contribution in [0, 0.1) is 20.2 Å². The number of nitro groups is 2. The van der Waals surface area contributed by atoms with E-state index in [1.165, 1.54) is 0 Å². The van der Waals surface area contributed by atoms with Gasteiger partial charge in [-0.05, 0) is 36.0 Å². The van der Waals surface area contributed by atoms with Crippen LogP contribution in [-0.4, -0.2) is 21.4 Å². The van der Waals surface area contributed by atoms with Crippen molar-refractivity contribution >= 4 is 45.7 Å². The van der Waals surface area contributed by atoms with E-state index < -0.39 is 56.1 Å². The van der Waals surface area contributed by atoms with Crippen molar-refractivity contribution < 1.29 is 58.1 Å². The molecule has 0 saturated carbocycles. The normalized spacial score (nSPS) is 11.6. The minimum Gasteiger partial charge on any atom is -0.871 e. The van der Waals surface area contributed by atoms with Gasteiger partial charge in [0.15, 0.2) is 11.6 Å². The average molecular weight is 741 g/mol. The molecule has 0 amide bonds. The maximum absolute atomic E-state index is 12.1. The molecule has 0 aromatic heterocycles. The van der Waals surface area contributed by atoms with Crippen LogP contribution in [0.2, 0.25) is 0 Å². The first kappa shape index (κ1) is 40.2. The Morgan fingerprint density at radius 2 is 0.941 bits per heavy atom. The number of nitrogens with zero attached hydrogens (tertiary/aromatic N) is 6. The summed E-state index contributed by atoms with van der Waals surface area (Å²) in [5.74, 6) is -4.20. The van der Waals surface area contributed by atoms with Crippen LogP contribution in [0.25, 0.3) is 0 Å². The molecule has 4 aromatic rings. The number of nitro benzene ring substituents is 2. The van der Waals surface area contributed by atoms with Crippen LogP contribution in [0.5, 0.6) is 11.5 Å². The predicted octanol–water partition coefficient (Wildman–Crippen LogP) is 4.08. The number of allylic oxidation sites excluding steroid dienone is 2. The molecule has 262 valence electrons. The number of para-hydroxylation sites is 2. The van der Waals surface area contributed by atoms with Crippen LogP contribution in [0.1, 0.15) is 15.3 Å². The van der Waals surface area contributed by atoms with E-state index in [1.807, 2.05) is 0 Å². The SMILES string of the molecule is CC(=O)/C(N=Nc1cc([N+](=O)[O-])ccc1[O-])=C(\[O-])Nc1ccccc1.CC(=O)/C(N=Nc1cc([N+](=O)[O-])ccc1[O-])=C(\[O-])Nc1ccccc1.[Co+3].[H+]. The topological polar surface area (TPSA) is 286 Å². The summed E-state index contributed by atoms with van der Waals surface area (Å²) >= 11 is 0. The van der Waals surface area contributed by atoms with Gasteiger partial charge in [-0.2, -0.15) is 10.2 Å². The molecule has 0 heterocycles. The molecule has 18 nitrogen and oxygen atoms in total.